The quantitative estimate of drug-likeness (QED) is 0.200. The lowest BCUT2D eigenvalue weighted by Gasteiger charge is -2.14. The molecule has 176 valence electrons. The predicted molar refractivity (Wildman–Crippen MR) is 146 cm³/mol. The number of nitrogens with zero attached hydrogens (tertiary/aromatic N) is 1. The number of thiol groups is 1. The molecule has 0 unspecified atom stereocenters. The van der Waals surface area contributed by atoms with Crippen LogP contribution in [0.1, 0.15) is 25.3 Å². The smallest absolute Gasteiger partial charge is 0.195 e. The van der Waals surface area contributed by atoms with Crippen LogP contribution in [0.25, 0.3) is 27.2 Å². The fraction of sp³-hybridized carbons (Fsp3) is 0.214. The number of allylic oxidation sites excluding steroid dienone is 4. The van der Waals surface area contributed by atoms with Crippen molar-refractivity contribution in [1.82, 2.24) is 4.98 Å². The van der Waals surface area contributed by atoms with Gasteiger partial charge in [-0.15, -0.1) is 0 Å². The second-order valence-corrected chi connectivity index (χ2v) is 8.13. The summed E-state index contributed by atoms with van der Waals surface area (Å²) in [6.07, 6.45) is 4.89. The number of hydrogen-bond donors (Lipinski definition) is 2. The molecular formula is C28H30N2O3S. The molecule has 0 aliphatic heterocycles. The number of fused-ring (bicyclic) bond motifs is 2. The molecule has 0 fully saturated rings. The molecule has 0 aliphatic carbocycles. The van der Waals surface area contributed by atoms with E-state index >= 15 is 0 Å². The fourth-order valence-corrected chi connectivity index (χ4v) is 3.90. The molecule has 6 heteroatoms. The first-order valence-corrected chi connectivity index (χ1v) is 11.5. The number of ether oxygens (including phenoxy) is 2. The number of methoxy groups -OCH3 is 2. The summed E-state index contributed by atoms with van der Waals surface area (Å²) >= 11 is 4.24. The minimum absolute atomic E-state index is 0.0733. The lowest BCUT2D eigenvalue weighted by Crippen LogP contribution is -2.09. The van der Waals surface area contributed by atoms with Crippen LogP contribution in [0.15, 0.2) is 89.1 Å². The van der Waals surface area contributed by atoms with Gasteiger partial charge in [-0.25, -0.2) is 0 Å². The van der Waals surface area contributed by atoms with E-state index in [1.165, 1.54) is 0 Å². The van der Waals surface area contributed by atoms with Crippen LogP contribution in [0.3, 0.4) is 0 Å². The molecule has 0 bridgehead atoms. The van der Waals surface area contributed by atoms with E-state index in [1.807, 2.05) is 43.3 Å². The molecule has 0 aliphatic rings. The van der Waals surface area contributed by atoms with Gasteiger partial charge in [0.15, 0.2) is 5.43 Å². The number of rotatable bonds is 10. The summed E-state index contributed by atoms with van der Waals surface area (Å²) in [5, 5.41) is 7.10. The lowest BCUT2D eigenvalue weighted by molar-refractivity contribution is 0.273. The van der Waals surface area contributed by atoms with Crippen LogP contribution in [0, 0.1) is 0 Å². The van der Waals surface area contributed by atoms with Crippen LogP contribution in [0.4, 0.5) is 5.69 Å². The van der Waals surface area contributed by atoms with Crippen molar-refractivity contribution in [2.75, 3.05) is 26.1 Å². The van der Waals surface area contributed by atoms with Crippen molar-refractivity contribution in [2.24, 2.45) is 0 Å². The Balaban J connectivity index is 1.99. The molecule has 0 saturated heterocycles. The highest BCUT2D eigenvalue weighted by Crippen LogP contribution is 2.23. The Bertz CT molecular complexity index is 1360. The predicted octanol–water partition coefficient (Wildman–Crippen LogP) is 6.48. The van der Waals surface area contributed by atoms with Crippen LogP contribution in [-0.2, 0) is 9.47 Å². The molecule has 0 spiro atoms. The van der Waals surface area contributed by atoms with Crippen molar-refractivity contribution in [3.05, 3.63) is 100 Å². The molecule has 0 amide bonds. The molecule has 1 N–H and O–H groups in total. The highest BCUT2D eigenvalue weighted by Gasteiger charge is 2.09. The summed E-state index contributed by atoms with van der Waals surface area (Å²) in [7, 11) is 3.28. The molecule has 1 heterocycles. The van der Waals surface area contributed by atoms with Gasteiger partial charge < -0.3 is 14.8 Å². The molecule has 34 heavy (non-hydrogen) atoms. The van der Waals surface area contributed by atoms with E-state index in [1.54, 1.807) is 31.9 Å². The van der Waals surface area contributed by atoms with Gasteiger partial charge in [-0.3, -0.25) is 9.78 Å². The van der Waals surface area contributed by atoms with E-state index in [0.29, 0.717) is 29.3 Å². The highest BCUT2D eigenvalue weighted by atomic mass is 32.1. The summed E-state index contributed by atoms with van der Waals surface area (Å²) in [5.41, 5.74) is 4.13. The maximum atomic E-state index is 13.5. The van der Waals surface area contributed by atoms with Gasteiger partial charge >= 0.3 is 0 Å². The van der Waals surface area contributed by atoms with Gasteiger partial charge in [0.05, 0.1) is 31.3 Å². The standard InChI is InChI=1S/C28H30N2O3S/c1-6-20(17-34)23-13-26-27(30-16-23)12-10-21-9-11-24(14-25(21)28(26)31)29-15-22(19(3)33-5)8-7-18(2)32-4/h6,9-14,16-17,29,34H,1-2,7-8,15H2,3-5H3/b20-17+,22-19-. The van der Waals surface area contributed by atoms with Crippen molar-refractivity contribution >= 4 is 45.6 Å². The molecule has 0 radical (unpaired) electrons. The van der Waals surface area contributed by atoms with Gasteiger partial charge in [0.2, 0.25) is 0 Å². The van der Waals surface area contributed by atoms with Crippen LogP contribution in [0.2, 0.25) is 0 Å². The normalized spacial score (nSPS) is 12.3. The first-order valence-electron chi connectivity index (χ1n) is 10.9. The molecular weight excluding hydrogens is 444 g/mol. The average Bonchev–Trinajstić information content (AvgIpc) is 3.00. The molecule has 5 nitrogen and oxygen atoms in total. The number of aromatic nitrogens is 1. The van der Waals surface area contributed by atoms with Crippen molar-refractivity contribution in [1.29, 1.82) is 0 Å². The highest BCUT2D eigenvalue weighted by molar-refractivity contribution is 7.83. The zero-order valence-corrected chi connectivity index (χ0v) is 20.7. The van der Waals surface area contributed by atoms with Crippen molar-refractivity contribution in [3.63, 3.8) is 0 Å². The average molecular weight is 475 g/mol. The minimum Gasteiger partial charge on any atom is -0.502 e. The first-order chi connectivity index (χ1) is 16.4. The van der Waals surface area contributed by atoms with Crippen LogP contribution < -0.4 is 10.7 Å². The first kappa shape index (κ1) is 25.1. The number of nitrogens with one attached hydrogen (secondary N) is 1. The maximum absolute atomic E-state index is 13.5. The molecule has 2 aromatic carbocycles. The summed E-state index contributed by atoms with van der Waals surface area (Å²) in [6.45, 7) is 10.2. The lowest BCUT2D eigenvalue weighted by atomic mass is 10.1. The van der Waals surface area contributed by atoms with Crippen LogP contribution >= 0.6 is 12.6 Å². The Morgan fingerprint density at radius 3 is 2.56 bits per heavy atom. The summed E-state index contributed by atoms with van der Waals surface area (Å²) in [6, 6.07) is 11.5. The van der Waals surface area contributed by atoms with Crippen molar-refractivity contribution < 1.29 is 9.47 Å². The third kappa shape index (κ3) is 5.69. The SMILES string of the molecule is C=C/C(=C\S)c1cnc2ccc3ccc(NC/C(CCC(=C)OC)=C(/C)OC)cc3c(=O)c2c1. The molecule has 0 atom stereocenters. The Labute approximate surface area is 205 Å². The summed E-state index contributed by atoms with van der Waals surface area (Å²) in [5.74, 6) is 1.58. The van der Waals surface area contributed by atoms with E-state index in [9.17, 15) is 4.79 Å². The largest absolute Gasteiger partial charge is 0.502 e. The monoisotopic (exact) mass is 474 g/mol. The van der Waals surface area contributed by atoms with Gasteiger partial charge in [0.25, 0.3) is 0 Å². The van der Waals surface area contributed by atoms with Crippen LogP contribution in [-0.4, -0.2) is 25.7 Å². The van der Waals surface area contributed by atoms with Gasteiger partial charge in [-0.1, -0.05) is 31.4 Å². The van der Waals surface area contributed by atoms with E-state index in [-0.39, 0.29) is 5.43 Å². The molecule has 0 saturated carbocycles. The molecule has 3 rings (SSSR count). The summed E-state index contributed by atoms with van der Waals surface area (Å²) < 4.78 is 10.6. The fourth-order valence-electron chi connectivity index (χ4n) is 3.65. The Kier molecular flexibility index (Phi) is 8.55. The number of hydrogen-bond acceptors (Lipinski definition) is 6. The summed E-state index contributed by atoms with van der Waals surface area (Å²) in [4.78, 5) is 18.0. The maximum Gasteiger partial charge on any atom is 0.195 e. The molecule has 3 aromatic rings. The minimum atomic E-state index is -0.0733. The zero-order chi connectivity index (χ0) is 24.7. The Morgan fingerprint density at radius 1 is 1.12 bits per heavy atom. The van der Waals surface area contributed by atoms with Gasteiger partial charge in [-0.2, -0.15) is 12.6 Å². The topological polar surface area (TPSA) is 60.5 Å². The number of pyridine rings is 1. The third-order valence-corrected chi connectivity index (χ3v) is 6.16. The third-order valence-electron chi connectivity index (χ3n) is 5.88. The van der Waals surface area contributed by atoms with Gasteiger partial charge in [0.1, 0.15) is 0 Å². The second-order valence-electron chi connectivity index (χ2n) is 7.87. The van der Waals surface area contributed by atoms with Gasteiger partial charge in [0, 0.05) is 41.2 Å². The van der Waals surface area contributed by atoms with E-state index in [0.717, 1.165) is 45.7 Å². The van der Waals surface area contributed by atoms with Crippen molar-refractivity contribution in [2.45, 2.75) is 19.8 Å². The van der Waals surface area contributed by atoms with Crippen molar-refractivity contribution in [3.8, 4) is 0 Å². The Morgan fingerprint density at radius 2 is 1.88 bits per heavy atom. The Hall–Kier alpha value is -3.51. The van der Waals surface area contributed by atoms with Crippen LogP contribution in [0.5, 0.6) is 0 Å². The zero-order valence-electron chi connectivity index (χ0n) is 19.9. The second kappa shape index (κ2) is 11.6. The molecule has 1 aromatic heterocycles. The van der Waals surface area contributed by atoms with E-state index < -0.39 is 0 Å². The van der Waals surface area contributed by atoms with E-state index in [4.69, 9.17) is 9.47 Å². The van der Waals surface area contributed by atoms with E-state index in [2.05, 4.69) is 36.1 Å². The number of benzene rings is 1. The van der Waals surface area contributed by atoms with Gasteiger partial charge in [-0.05, 0) is 59.6 Å². The number of anilines is 1.